The van der Waals surface area contributed by atoms with Gasteiger partial charge in [0, 0.05) is 6.54 Å². The third kappa shape index (κ3) is 1.99. The van der Waals surface area contributed by atoms with Crippen molar-refractivity contribution in [2.24, 2.45) is 0 Å². The van der Waals surface area contributed by atoms with Crippen LogP contribution in [0.1, 0.15) is 11.3 Å². The van der Waals surface area contributed by atoms with Gasteiger partial charge in [-0.3, -0.25) is 4.57 Å². The number of hydrogen-bond acceptors (Lipinski definition) is 3. The van der Waals surface area contributed by atoms with E-state index in [0.29, 0.717) is 0 Å². The molecule has 0 radical (unpaired) electrons. The normalized spacial score (nSPS) is 19.2. The van der Waals surface area contributed by atoms with Crippen molar-refractivity contribution in [1.82, 2.24) is 10.3 Å². The predicted octanol–water partition coefficient (Wildman–Crippen LogP) is 0.0796. The van der Waals surface area contributed by atoms with Crippen molar-refractivity contribution in [3.63, 3.8) is 0 Å². The third-order valence-corrected chi connectivity index (χ3v) is 3.12. The predicted molar refractivity (Wildman–Crippen MR) is 51.5 cm³/mol. The Morgan fingerprint density at radius 2 is 2.12 bits per heavy atom. The molecule has 1 aromatic rings. The van der Waals surface area contributed by atoms with Gasteiger partial charge in [-0.15, -0.1) is 0 Å². The zero-order valence-electron chi connectivity index (χ0n) is 8.02. The average Bonchev–Trinajstić information content (AvgIpc) is 2.15. The van der Waals surface area contributed by atoms with E-state index in [-0.39, 0.29) is 12.1 Å². The molecular formula is C8H9F2N2O3P. The van der Waals surface area contributed by atoms with Gasteiger partial charge in [0.15, 0.2) is 5.44 Å². The van der Waals surface area contributed by atoms with E-state index in [1.165, 1.54) is 6.07 Å². The van der Waals surface area contributed by atoms with Gasteiger partial charge in [-0.25, -0.2) is 4.98 Å². The third-order valence-electron chi connectivity index (χ3n) is 2.27. The number of nitrogens with zero attached hydrogens (tertiary/aromatic N) is 1. The first-order valence-corrected chi connectivity index (χ1v) is 6.07. The van der Waals surface area contributed by atoms with Gasteiger partial charge in [0.1, 0.15) is 5.69 Å². The number of rotatable bonds is 1. The molecule has 88 valence electrons. The van der Waals surface area contributed by atoms with E-state index >= 15 is 0 Å². The lowest BCUT2D eigenvalue weighted by molar-refractivity contribution is -0.0152. The summed E-state index contributed by atoms with van der Waals surface area (Å²) in [6.07, 6.45) is 0. The second-order valence-electron chi connectivity index (χ2n) is 3.53. The molecule has 0 saturated carbocycles. The molecule has 0 amide bonds. The van der Waals surface area contributed by atoms with Gasteiger partial charge in [0.2, 0.25) is 0 Å². The van der Waals surface area contributed by atoms with Crippen LogP contribution in [0.25, 0.3) is 0 Å². The summed E-state index contributed by atoms with van der Waals surface area (Å²) in [7, 11) is -4.59. The molecule has 0 atom stereocenters. The number of aromatic nitrogens is 1. The number of hydrogen-bond donors (Lipinski definition) is 3. The van der Waals surface area contributed by atoms with E-state index in [4.69, 9.17) is 9.79 Å². The Kier molecular flexibility index (Phi) is 2.58. The highest BCUT2D eigenvalue weighted by Gasteiger charge is 2.39. The van der Waals surface area contributed by atoms with Gasteiger partial charge in [0.25, 0.3) is 0 Å². The van der Waals surface area contributed by atoms with Crippen molar-refractivity contribution in [2.45, 2.75) is 12.5 Å². The lowest BCUT2D eigenvalue weighted by atomic mass is 10.0. The highest BCUT2D eigenvalue weighted by Crippen LogP contribution is 2.36. The fourth-order valence-electron chi connectivity index (χ4n) is 1.54. The number of halogens is 2. The van der Waals surface area contributed by atoms with Gasteiger partial charge in [-0.2, -0.15) is 8.78 Å². The van der Waals surface area contributed by atoms with Crippen LogP contribution in [0.3, 0.4) is 0 Å². The maximum absolute atomic E-state index is 13.4. The number of alkyl halides is 2. The number of pyridine rings is 1. The monoisotopic (exact) mass is 250 g/mol. The summed E-state index contributed by atoms with van der Waals surface area (Å²) in [5, 5.41) is 2.51. The van der Waals surface area contributed by atoms with E-state index in [1.54, 1.807) is 0 Å². The van der Waals surface area contributed by atoms with Crippen LogP contribution >= 0.6 is 7.60 Å². The van der Waals surface area contributed by atoms with Gasteiger partial charge >= 0.3 is 13.5 Å². The molecule has 5 nitrogen and oxygen atoms in total. The molecule has 3 N–H and O–H groups in total. The maximum Gasteiger partial charge on any atom is 0.374 e. The second kappa shape index (κ2) is 3.56. The number of fused-ring (bicyclic) bond motifs is 1. The molecule has 1 aliphatic heterocycles. The lowest BCUT2D eigenvalue weighted by Gasteiger charge is -2.25. The molecule has 0 unspecified atom stereocenters. The Morgan fingerprint density at radius 1 is 1.44 bits per heavy atom. The Bertz CT molecular complexity index is 474. The van der Waals surface area contributed by atoms with Crippen LogP contribution in [-0.2, 0) is 17.0 Å². The first-order valence-electron chi connectivity index (χ1n) is 4.46. The summed E-state index contributed by atoms with van der Waals surface area (Å²) in [5.74, 6) is -3.20. The molecule has 2 rings (SSSR count). The van der Waals surface area contributed by atoms with E-state index in [0.717, 1.165) is 6.07 Å². The zero-order chi connectivity index (χ0) is 12.0. The molecule has 0 saturated heterocycles. The van der Waals surface area contributed by atoms with Gasteiger partial charge in [-0.05, 0) is 11.6 Å². The Hall–Kier alpha value is -0.880. The molecule has 8 heteroatoms. The Balaban J connectivity index is 2.56. The molecular weight excluding hydrogens is 241 g/mol. The van der Waals surface area contributed by atoms with E-state index in [2.05, 4.69) is 10.3 Å². The minimum Gasteiger partial charge on any atom is -0.320 e. The van der Waals surface area contributed by atoms with Gasteiger partial charge in [0.05, 0.1) is 6.54 Å². The van der Waals surface area contributed by atoms with Crippen molar-refractivity contribution in [3.05, 3.63) is 23.4 Å². The summed E-state index contributed by atoms with van der Waals surface area (Å²) < 4.78 is 37.7. The summed E-state index contributed by atoms with van der Waals surface area (Å²) >= 11 is 0. The van der Waals surface area contributed by atoms with Crippen LogP contribution < -0.4 is 10.8 Å². The Morgan fingerprint density at radius 3 is 2.75 bits per heavy atom. The molecule has 1 aromatic heterocycles. The molecule has 1 aliphatic rings. The molecule has 2 heterocycles. The van der Waals surface area contributed by atoms with Crippen LogP contribution in [0.4, 0.5) is 8.78 Å². The highest BCUT2D eigenvalue weighted by molar-refractivity contribution is 7.60. The van der Waals surface area contributed by atoms with Crippen molar-refractivity contribution in [3.8, 4) is 0 Å². The van der Waals surface area contributed by atoms with E-state index < -0.39 is 31.2 Å². The summed E-state index contributed by atoms with van der Waals surface area (Å²) in [4.78, 5) is 21.1. The second-order valence-corrected chi connectivity index (χ2v) is 5.08. The van der Waals surface area contributed by atoms with E-state index in [9.17, 15) is 13.3 Å². The van der Waals surface area contributed by atoms with Crippen molar-refractivity contribution in [1.29, 1.82) is 0 Å². The average molecular weight is 250 g/mol. The standard InChI is InChI=1S/C8H9F2N2O3P/c9-8(10)4-11-3-5-1-2-6(12-7(5)8)16(13,14)15/h1-2,11H,3-4H2,(H2,13,14,15). The first-order chi connectivity index (χ1) is 7.31. The maximum atomic E-state index is 13.4. The van der Waals surface area contributed by atoms with Crippen LogP contribution in [0.15, 0.2) is 12.1 Å². The number of nitrogens with one attached hydrogen (secondary N) is 1. The molecule has 16 heavy (non-hydrogen) atoms. The molecule has 0 aromatic carbocycles. The Labute approximate surface area is 89.7 Å². The fourth-order valence-corrected chi connectivity index (χ4v) is 2.04. The van der Waals surface area contributed by atoms with E-state index in [1.807, 2.05) is 0 Å². The zero-order valence-corrected chi connectivity index (χ0v) is 8.92. The topological polar surface area (TPSA) is 82.5 Å². The SMILES string of the molecule is O=P(O)(O)c1ccc2c(n1)C(F)(F)CNC2. The van der Waals surface area contributed by atoms with Gasteiger partial charge in [-0.1, -0.05) is 6.07 Å². The smallest absolute Gasteiger partial charge is 0.320 e. The lowest BCUT2D eigenvalue weighted by Crippen LogP contribution is -2.39. The minimum atomic E-state index is -4.59. The largest absolute Gasteiger partial charge is 0.374 e. The fraction of sp³-hybridized carbons (Fsp3) is 0.375. The van der Waals surface area contributed by atoms with Crippen molar-refractivity contribution < 1.29 is 23.1 Å². The molecule has 0 fully saturated rings. The summed E-state index contributed by atoms with van der Waals surface area (Å²) in [5.41, 5.74) is -0.909. The molecule has 0 bridgehead atoms. The van der Waals surface area contributed by atoms with Crippen LogP contribution in [-0.4, -0.2) is 21.3 Å². The van der Waals surface area contributed by atoms with Crippen LogP contribution in [0.5, 0.6) is 0 Å². The van der Waals surface area contributed by atoms with Crippen LogP contribution in [0, 0.1) is 0 Å². The minimum absolute atomic E-state index is 0.222. The summed E-state index contributed by atoms with van der Waals surface area (Å²) in [6, 6.07) is 2.33. The van der Waals surface area contributed by atoms with Crippen molar-refractivity contribution >= 4 is 13.0 Å². The quantitative estimate of drug-likeness (QED) is 0.615. The van der Waals surface area contributed by atoms with Gasteiger partial charge < -0.3 is 15.1 Å². The first kappa shape index (κ1) is 11.6. The van der Waals surface area contributed by atoms with Crippen LogP contribution in [0.2, 0.25) is 0 Å². The molecule has 0 aliphatic carbocycles. The highest BCUT2D eigenvalue weighted by atomic mass is 31.2. The van der Waals surface area contributed by atoms with Crippen molar-refractivity contribution in [2.75, 3.05) is 6.54 Å². The molecule has 0 spiro atoms. The summed E-state index contributed by atoms with van der Waals surface area (Å²) in [6.45, 7) is -0.350.